The van der Waals surface area contributed by atoms with Gasteiger partial charge in [-0.25, -0.2) is 0 Å². The van der Waals surface area contributed by atoms with Crippen LogP contribution in [0.15, 0.2) is 0 Å². The number of esters is 1. The quantitative estimate of drug-likeness (QED) is 0.0420. The van der Waals surface area contributed by atoms with Crippen LogP contribution in [0.2, 0.25) is 0 Å². The molecule has 58 heavy (non-hydrogen) atoms. The molecule has 0 radical (unpaired) electrons. The van der Waals surface area contributed by atoms with E-state index in [2.05, 4.69) is 26.1 Å². The summed E-state index contributed by atoms with van der Waals surface area (Å²) < 4.78 is 5.93. The lowest BCUT2D eigenvalue weighted by atomic mass is 10.0. The van der Waals surface area contributed by atoms with Crippen LogP contribution in [-0.2, 0) is 14.3 Å². The van der Waals surface area contributed by atoms with E-state index in [0.717, 1.165) is 44.9 Å². The molecule has 6 nitrogen and oxygen atoms in total. The molecule has 346 valence electrons. The molecule has 3 N–H and O–H groups in total. The fourth-order valence-corrected chi connectivity index (χ4v) is 8.43. The lowest BCUT2D eigenvalue weighted by Crippen LogP contribution is -2.46. The SMILES string of the molecule is CCCCCCCCCCCCCCCCCCC(O)C(CO)NC(=O)CC(CCCCCCCCCCCCC)OC(=O)CCCCCCCCCCCCCC. The highest BCUT2D eigenvalue weighted by Crippen LogP contribution is 2.19. The maximum Gasteiger partial charge on any atom is 0.306 e. The van der Waals surface area contributed by atoms with Gasteiger partial charge in [-0.1, -0.05) is 258 Å². The van der Waals surface area contributed by atoms with Gasteiger partial charge >= 0.3 is 5.97 Å². The number of carbonyl (C=O) groups excluding carboxylic acids is 2. The first-order chi connectivity index (χ1) is 28.5. The predicted molar refractivity (Wildman–Crippen MR) is 250 cm³/mol. The minimum atomic E-state index is -0.779. The van der Waals surface area contributed by atoms with Gasteiger partial charge in [0, 0.05) is 6.42 Å². The molecular formula is C52H103NO5. The van der Waals surface area contributed by atoms with Gasteiger partial charge in [-0.2, -0.15) is 0 Å². The van der Waals surface area contributed by atoms with Gasteiger partial charge in [-0.3, -0.25) is 9.59 Å². The van der Waals surface area contributed by atoms with Gasteiger partial charge in [0.05, 0.1) is 25.2 Å². The Hall–Kier alpha value is -1.14. The number of aliphatic hydroxyl groups is 2. The van der Waals surface area contributed by atoms with E-state index in [1.807, 2.05) is 0 Å². The summed E-state index contributed by atoms with van der Waals surface area (Å²) in [6.45, 7) is 6.51. The van der Waals surface area contributed by atoms with Crippen LogP contribution < -0.4 is 5.32 Å². The largest absolute Gasteiger partial charge is 0.462 e. The van der Waals surface area contributed by atoms with Crippen molar-refractivity contribution in [2.45, 2.75) is 315 Å². The van der Waals surface area contributed by atoms with E-state index < -0.39 is 18.2 Å². The van der Waals surface area contributed by atoms with E-state index in [9.17, 15) is 19.8 Å². The second-order valence-corrected chi connectivity index (χ2v) is 18.3. The van der Waals surface area contributed by atoms with Crippen LogP contribution in [0.5, 0.6) is 0 Å². The maximum atomic E-state index is 13.2. The van der Waals surface area contributed by atoms with E-state index in [1.165, 1.54) is 205 Å². The van der Waals surface area contributed by atoms with Gasteiger partial charge in [0.1, 0.15) is 6.10 Å². The smallest absolute Gasteiger partial charge is 0.306 e. The second kappa shape index (κ2) is 46.9. The van der Waals surface area contributed by atoms with Gasteiger partial charge < -0.3 is 20.3 Å². The summed E-state index contributed by atoms with van der Waals surface area (Å²) in [7, 11) is 0. The maximum absolute atomic E-state index is 13.2. The van der Waals surface area contributed by atoms with Crippen LogP contribution in [0.1, 0.15) is 297 Å². The van der Waals surface area contributed by atoms with Crippen LogP contribution in [0.25, 0.3) is 0 Å². The van der Waals surface area contributed by atoms with Crippen molar-refractivity contribution >= 4 is 11.9 Å². The van der Waals surface area contributed by atoms with E-state index in [0.29, 0.717) is 19.3 Å². The van der Waals surface area contributed by atoms with Crippen molar-refractivity contribution in [1.82, 2.24) is 5.32 Å². The average molecular weight is 822 g/mol. The molecule has 1 amide bonds. The first-order valence-corrected chi connectivity index (χ1v) is 26.3. The van der Waals surface area contributed by atoms with Crippen molar-refractivity contribution in [3.8, 4) is 0 Å². The monoisotopic (exact) mass is 822 g/mol. The summed E-state index contributed by atoms with van der Waals surface area (Å²) in [5.74, 6) is -0.452. The second-order valence-electron chi connectivity index (χ2n) is 18.3. The molecule has 6 heteroatoms. The molecule has 0 aliphatic rings. The highest BCUT2D eigenvalue weighted by molar-refractivity contribution is 5.77. The Morgan fingerprint density at radius 2 is 0.724 bits per heavy atom. The number of rotatable bonds is 48. The summed E-state index contributed by atoms with van der Waals surface area (Å²) in [5, 5.41) is 23.8. The van der Waals surface area contributed by atoms with Crippen molar-refractivity contribution in [2.75, 3.05) is 6.61 Å². The van der Waals surface area contributed by atoms with Crippen LogP contribution in [0.3, 0.4) is 0 Å². The standard InChI is InChI=1S/C52H103NO5/c1-4-7-10-13-16-19-22-24-25-26-27-29-32-35-38-41-44-50(55)49(47-54)53-51(56)46-48(43-40-37-34-31-28-21-18-15-12-9-6-3)58-52(57)45-42-39-36-33-30-23-20-17-14-11-8-5-2/h48-50,54-55H,4-47H2,1-3H3,(H,53,56). The topological polar surface area (TPSA) is 95.9 Å². The molecule has 0 heterocycles. The van der Waals surface area contributed by atoms with E-state index >= 15 is 0 Å². The molecule has 0 aliphatic heterocycles. The number of amides is 1. The third kappa shape index (κ3) is 41.6. The lowest BCUT2D eigenvalue weighted by molar-refractivity contribution is -0.151. The molecule has 0 spiro atoms. The van der Waals surface area contributed by atoms with E-state index in [1.54, 1.807) is 0 Å². The van der Waals surface area contributed by atoms with E-state index in [-0.39, 0.29) is 24.9 Å². The molecule has 3 unspecified atom stereocenters. The van der Waals surface area contributed by atoms with Gasteiger partial charge in [0.25, 0.3) is 0 Å². The number of nitrogens with one attached hydrogen (secondary N) is 1. The number of unbranched alkanes of at least 4 members (excludes halogenated alkanes) is 36. The molecule has 0 fully saturated rings. The highest BCUT2D eigenvalue weighted by atomic mass is 16.5. The highest BCUT2D eigenvalue weighted by Gasteiger charge is 2.24. The number of carbonyl (C=O) groups is 2. The first-order valence-electron chi connectivity index (χ1n) is 26.3. The fraction of sp³-hybridized carbons (Fsp3) is 0.962. The zero-order valence-corrected chi connectivity index (χ0v) is 39.5. The number of hydrogen-bond donors (Lipinski definition) is 3. The Bertz CT molecular complexity index is 837. The molecule has 0 rings (SSSR count). The van der Waals surface area contributed by atoms with Crippen LogP contribution >= 0.6 is 0 Å². The zero-order chi connectivity index (χ0) is 42.4. The minimum Gasteiger partial charge on any atom is -0.462 e. The first kappa shape index (κ1) is 56.9. The molecular weight excluding hydrogens is 719 g/mol. The summed E-state index contributed by atoms with van der Waals surface area (Å²) in [4.78, 5) is 26.1. The van der Waals surface area contributed by atoms with Gasteiger partial charge in [-0.15, -0.1) is 0 Å². The third-order valence-electron chi connectivity index (χ3n) is 12.4. The van der Waals surface area contributed by atoms with Crippen molar-refractivity contribution < 1.29 is 24.5 Å². The number of hydrogen-bond acceptors (Lipinski definition) is 5. The zero-order valence-electron chi connectivity index (χ0n) is 39.5. The van der Waals surface area contributed by atoms with Crippen LogP contribution in [0.4, 0.5) is 0 Å². The van der Waals surface area contributed by atoms with Crippen molar-refractivity contribution in [3.05, 3.63) is 0 Å². The molecule has 0 aromatic rings. The number of aliphatic hydroxyl groups excluding tert-OH is 2. The predicted octanol–water partition coefficient (Wildman–Crippen LogP) is 15.6. The van der Waals surface area contributed by atoms with E-state index in [4.69, 9.17) is 4.74 Å². The number of ether oxygens (including phenoxy) is 1. The molecule has 0 aliphatic carbocycles. The van der Waals surface area contributed by atoms with Crippen molar-refractivity contribution in [1.29, 1.82) is 0 Å². The summed E-state index contributed by atoms with van der Waals surface area (Å²) >= 11 is 0. The molecule has 0 bridgehead atoms. The fourth-order valence-electron chi connectivity index (χ4n) is 8.43. The lowest BCUT2D eigenvalue weighted by Gasteiger charge is -2.24. The molecule has 0 aromatic heterocycles. The summed E-state index contributed by atoms with van der Waals surface area (Å²) in [6, 6.07) is -0.691. The minimum absolute atomic E-state index is 0.0875. The van der Waals surface area contributed by atoms with Gasteiger partial charge in [0.2, 0.25) is 5.91 Å². The molecule has 0 saturated carbocycles. The molecule has 0 aromatic carbocycles. The van der Waals surface area contributed by atoms with Gasteiger partial charge in [-0.05, 0) is 25.7 Å². The molecule has 0 saturated heterocycles. The average Bonchev–Trinajstić information content (AvgIpc) is 3.22. The molecule has 3 atom stereocenters. The van der Waals surface area contributed by atoms with Crippen molar-refractivity contribution in [2.24, 2.45) is 0 Å². The van der Waals surface area contributed by atoms with Crippen LogP contribution in [0, 0.1) is 0 Å². The normalized spacial score (nSPS) is 13.1. The third-order valence-corrected chi connectivity index (χ3v) is 12.4. The Kier molecular flexibility index (Phi) is 46.0. The van der Waals surface area contributed by atoms with Crippen LogP contribution in [-0.4, -0.2) is 46.9 Å². The van der Waals surface area contributed by atoms with Crippen molar-refractivity contribution in [3.63, 3.8) is 0 Å². The Morgan fingerprint density at radius 1 is 0.431 bits per heavy atom. The Balaban J connectivity index is 4.44. The summed E-state index contributed by atoms with van der Waals surface area (Å²) in [5.41, 5.74) is 0. The van der Waals surface area contributed by atoms with Gasteiger partial charge in [0.15, 0.2) is 0 Å². The Morgan fingerprint density at radius 3 is 1.05 bits per heavy atom. The summed E-state index contributed by atoms with van der Waals surface area (Å²) in [6.07, 6.45) is 50.2. The Labute approximate surface area is 362 Å².